The number of nitrogens with zero attached hydrogens (tertiary/aromatic N) is 2. The average Bonchev–Trinajstić information content (AvgIpc) is 2.53. The first-order valence-corrected chi connectivity index (χ1v) is 7.92. The number of nitriles is 1. The molecule has 1 aromatic rings. The van der Waals surface area contributed by atoms with Crippen molar-refractivity contribution in [3.63, 3.8) is 0 Å². The maximum absolute atomic E-state index is 13.7. The minimum Gasteiger partial charge on any atom is -0.357 e. The second kappa shape index (κ2) is 13.1. The van der Waals surface area contributed by atoms with Gasteiger partial charge < -0.3 is 10.6 Å². The van der Waals surface area contributed by atoms with Crippen molar-refractivity contribution in [1.82, 2.24) is 10.6 Å². The highest BCUT2D eigenvalue weighted by atomic mass is 127. The molecule has 0 saturated carbocycles. The van der Waals surface area contributed by atoms with Gasteiger partial charge in [0.15, 0.2) is 5.96 Å². The molecule has 0 aliphatic carbocycles. The monoisotopic (exact) mass is 432 g/mol. The summed E-state index contributed by atoms with van der Waals surface area (Å²) in [5.74, 6) is 0.349. The molecule has 0 aliphatic rings. The topological polar surface area (TPSA) is 60.2 Å². The van der Waals surface area contributed by atoms with E-state index in [4.69, 9.17) is 5.26 Å². The van der Waals surface area contributed by atoms with Gasteiger partial charge in [0.05, 0.1) is 18.2 Å². The van der Waals surface area contributed by atoms with Crippen molar-refractivity contribution in [2.24, 2.45) is 4.99 Å². The van der Waals surface area contributed by atoms with Crippen LogP contribution in [-0.4, -0.2) is 19.0 Å². The summed E-state index contributed by atoms with van der Waals surface area (Å²) in [6.07, 6.45) is 4.74. The van der Waals surface area contributed by atoms with Crippen LogP contribution in [0.2, 0.25) is 0 Å². The van der Waals surface area contributed by atoms with Crippen LogP contribution < -0.4 is 10.6 Å². The highest BCUT2D eigenvalue weighted by Crippen LogP contribution is 2.11. The molecule has 0 radical (unpaired) electrons. The van der Waals surface area contributed by atoms with Gasteiger partial charge >= 0.3 is 0 Å². The minimum atomic E-state index is -0.332. The standard InChI is InChI=1S/C17H25FN4.HI/c1-3-5-6-7-10-21-17(20-4-2)22-13-15-11-14(12-19)8-9-16(15)18;/h8-9,11H,3-7,10,13H2,1-2H3,(H2,20,21,22);1H. The maximum Gasteiger partial charge on any atom is 0.191 e. The number of unbranched alkanes of at least 4 members (excludes halogenated alkanes) is 3. The van der Waals surface area contributed by atoms with Crippen LogP contribution in [0.25, 0.3) is 0 Å². The minimum absolute atomic E-state index is 0. The molecule has 4 nitrogen and oxygen atoms in total. The fourth-order valence-electron chi connectivity index (χ4n) is 2.03. The first kappa shape index (κ1) is 21.6. The second-order valence-corrected chi connectivity index (χ2v) is 5.10. The van der Waals surface area contributed by atoms with Crippen LogP contribution in [-0.2, 0) is 6.54 Å². The van der Waals surface area contributed by atoms with E-state index in [1.54, 1.807) is 6.07 Å². The Morgan fingerprint density at radius 3 is 2.65 bits per heavy atom. The Labute approximate surface area is 155 Å². The van der Waals surface area contributed by atoms with E-state index < -0.39 is 0 Å². The first-order chi connectivity index (χ1) is 10.7. The lowest BCUT2D eigenvalue weighted by Gasteiger charge is -2.11. The number of hydrogen-bond acceptors (Lipinski definition) is 2. The molecule has 0 saturated heterocycles. The van der Waals surface area contributed by atoms with Crippen molar-refractivity contribution in [2.45, 2.75) is 46.1 Å². The van der Waals surface area contributed by atoms with Gasteiger partial charge in [0.1, 0.15) is 5.82 Å². The van der Waals surface area contributed by atoms with E-state index in [1.165, 1.54) is 31.4 Å². The number of nitrogens with one attached hydrogen (secondary N) is 2. The van der Waals surface area contributed by atoms with Crippen LogP contribution in [0.15, 0.2) is 23.2 Å². The van der Waals surface area contributed by atoms with Crippen LogP contribution in [0.1, 0.15) is 50.7 Å². The van der Waals surface area contributed by atoms with E-state index in [2.05, 4.69) is 22.5 Å². The SMILES string of the molecule is CCCCCCNC(=NCc1cc(C#N)ccc1F)NCC.I. The summed E-state index contributed by atoms with van der Waals surface area (Å²) >= 11 is 0. The third kappa shape index (κ3) is 8.74. The molecule has 0 atom stereocenters. The number of hydrogen-bond donors (Lipinski definition) is 2. The molecule has 0 bridgehead atoms. The second-order valence-electron chi connectivity index (χ2n) is 5.10. The molecule has 0 fully saturated rings. The Kier molecular flexibility index (Phi) is 12.3. The molecule has 6 heteroatoms. The lowest BCUT2D eigenvalue weighted by molar-refractivity contribution is 0.609. The van der Waals surface area contributed by atoms with Gasteiger partial charge in [-0.15, -0.1) is 24.0 Å². The molecule has 1 rings (SSSR count). The van der Waals surface area contributed by atoms with Gasteiger partial charge in [-0.3, -0.25) is 0 Å². The molecular formula is C17H26FIN4. The van der Waals surface area contributed by atoms with Gasteiger partial charge in [-0.2, -0.15) is 5.26 Å². The number of halogens is 2. The fourth-order valence-corrected chi connectivity index (χ4v) is 2.03. The molecule has 0 amide bonds. The van der Waals surface area contributed by atoms with E-state index in [-0.39, 0.29) is 36.3 Å². The van der Waals surface area contributed by atoms with E-state index in [0.717, 1.165) is 19.5 Å². The third-order valence-electron chi connectivity index (χ3n) is 3.25. The number of benzene rings is 1. The molecule has 23 heavy (non-hydrogen) atoms. The van der Waals surface area contributed by atoms with Gasteiger partial charge in [-0.25, -0.2) is 9.38 Å². The first-order valence-electron chi connectivity index (χ1n) is 7.92. The summed E-state index contributed by atoms with van der Waals surface area (Å²) < 4.78 is 13.7. The van der Waals surface area contributed by atoms with E-state index in [1.807, 2.05) is 13.0 Å². The Balaban J connectivity index is 0.00000484. The van der Waals surface area contributed by atoms with Crippen LogP contribution in [0, 0.1) is 17.1 Å². The Morgan fingerprint density at radius 2 is 2.00 bits per heavy atom. The Morgan fingerprint density at radius 1 is 1.22 bits per heavy atom. The van der Waals surface area contributed by atoms with Crippen molar-refractivity contribution in [1.29, 1.82) is 5.26 Å². The predicted molar refractivity (Wildman–Crippen MR) is 103 cm³/mol. The molecule has 1 aromatic carbocycles. The average molecular weight is 432 g/mol. The van der Waals surface area contributed by atoms with Crippen LogP contribution in [0.4, 0.5) is 4.39 Å². The van der Waals surface area contributed by atoms with Crippen LogP contribution >= 0.6 is 24.0 Å². The van der Waals surface area contributed by atoms with Crippen molar-refractivity contribution in [3.8, 4) is 6.07 Å². The maximum atomic E-state index is 13.7. The van der Waals surface area contributed by atoms with Gasteiger partial charge in [0.2, 0.25) is 0 Å². The van der Waals surface area contributed by atoms with Crippen molar-refractivity contribution in [2.75, 3.05) is 13.1 Å². The highest BCUT2D eigenvalue weighted by molar-refractivity contribution is 14.0. The zero-order valence-electron chi connectivity index (χ0n) is 13.9. The van der Waals surface area contributed by atoms with Gasteiger partial charge in [0.25, 0.3) is 0 Å². The summed E-state index contributed by atoms with van der Waals surface area (Å²) in [5, 5.41) is 15.3. The molecule has 0 aromatic heterocycles. The zero-order chi connectivity index (χ0) is 16.2. The normalized spacial score (nSPS) is 10.6. The zero-order valence-corrected chi connectivity index (χ0v) is 16.2. The summed E-state index contributed by atoms with van der Waals surface area (Å²) in [6.45, 7) is 5.99. The summed E-state index contributed by atoms with van der Waals surface area (Å²) in [4.78, 5) is 4.38. The molecule has 0 aliphatic heterocycles. The van der Waals surface area contributed by atoms with Gasteiger partial charge in [-0.05, 0) is 31.5 Å². The smallest absolute Gasteiger partial charge is 0.191 e. The molecule has 0 heterocycles. The highest BCUT2D eigenvalue weighted by Gasteiger charge is 2.04. The van der Waals surface area contributed by atoms with E-state index in [9.17, 15) is 4.39 Å². The largest absolute Gasteiger partial charge is 0.357 e. The molecule has 0 spiro atoms. The molecular weight excluding hydrogens is 406 g/mol. The molecule has 128 valence electrons. The number of aliphatic imine (C=N–C) groups is 1. The van der Waals surface area contributed by atoms with Crippen molar-refractivity contribution < 1.29 is 4.39 Å². The predicted octanol–water partition coefficient (Wildman–Crippen LogP) is 3.95. The lowest BCUT2D eigenvalue weighted by atomic mass is 10.1. The Hall–Kier alpha value is -1.36. The van der Waals surface area contributed by atoms with Crippen LogP contribution in [0.5, 0.6) is 0 Å². The molecule has 0 unspecified atom stereocenters. The van der Waals surface area contributed by atoms with Gasteiger partial charge in [0, 0.05) is 18.7 Å². The van der Waals surface area contributed by atoms with E-state index in [0.29, 0.717) is 17.1 Å². The van der Waals surface area contributed by atoms with E-state index >= 15 is 0 Å². The summed E-state index contributed by atoms with van der Waals surface area (Å²) in [7, 11) is 0. The quantitative estimate of drug-likeness (QED) is 0.283. The van der Waals surface area contributed by atoms with Crippen LogP contribution in [0.3, 0.4) is 0 Å². The summed E-state index contributed by atoms with van der Waals surface area (Å²) in [5.41, 5.74) is 0.881. The van der Waals surface area contributed by atoms with Crippen molar-refractivity contribution in [3.05, 3.63) is 35.1 Å². The third-order valence-corrected chi connectivity index (χ3v) is 3.25. The van der Waals surface area contributed by atoms with Crippen molar-refractivity contribution >= 4 is 29.9 Å². The molecule has 2 N–H and O–H groups in total. The number of rotatable bonds is 8. The fraction of sp³-hybridized carbons (Fsp3) is 0.529. The Bertz CT molecular complexity index is 526. The summed E-state index contributed by atoms with van der Waals surface area (Å²) in [6, 6.07) is 6.35. The number of guanidine groups is 1. The van der Waals surface area contributed by atoms with Gasteiger partial charge in [-0.1, -0.05) is 26.2 Å². The lowest BCUT2D eigenvalue weighted by Crippen LogP contribution is -2.37.